The molecule has 2 aromatic carbocycles. The number of benzene rings is 2. The van der Waals surface area contributed by atoms with E-state index in [1.54, 1.807) is 31.3 Å². The van der Waals surface area contributed by atoms with Crippen molar-refractivity contribution in [2.24, 2.45) is 0 Å². The Morgan fingerprint density at radius 2 is 1.82 bits per heavy atom. The summed E-state index contributed by atoms with van der Waals surface area (Å²) in [7, 11) is 1.59. The first-order valence-electron chi connectivity index (χ1n) is 8.83. The van der Waals surface area contributed by atoms with Crippen LogP contribution in [0.25, 0.3) is 5.69 Å². The molecule has 0 fully saturated rings. The second-order valence-corrected chi connectivity index (χ2v) is 6.81. The summed E-state index contributed by atoms with van der Waals surface area (Å²) in [4.78, 5) is 26.8. The average Bonchev–Trinajstić information content (AvgIpc) is 2.99. The number of aliphatic hydroxyl groups is 1. The van der Waals surface area contributed by atoms with Gasteiger partial charge in [0.1, 0.15) is 12.4 Å². The molecule has 146 valence electrons. The van der Waals surface area contributed by atoms with Crippen LogP contribution in [0.2, 0.25) is 5.02 Å². The lowest BCUT2D eigenvalue weighted by atomic mass is 10.1. The molecule has 0 saturated carbocycles. The summed E-state index contributed by atoms with van der Waals surface area (Å²) in [6, 6.07) is 16.4. The first-order valence-corrected chi connectivity index (χ1v) is 9.21. The molecule has 1 heterocycles. The summed E-state index contributed by atoms with van der Waals surface area (Å²) in [6.45, 7) is -0.0872. The lowest BCUT2D eigenvalue weighted by Gasteiger charge is -2.16. The number of aliphatic hydroxyl groups excluding tert-OH is 1. The number of aromatic nitrogens is 3. The monoisotopic (exact) mass is 400 g/mol. The molecule has 28 heavy (non-hydrogen) atoms. The lowest BCUT2D eigenvalue weighted by Crippen LogP contribution is -2.36. The lowest BCUT2D eigenvalue weighted by molar-refractivity contribution is -0.131. The largest absolute Gasteiger partial charge is 0.395 e. The van der Waals surface area contributed by atoms with Crippen molar-refractivity contribution in [2.45, 2.75) is 13.0 Å². The summed E-state index contributed by atoms with van der Waals surface area (Å²) in [5, 5.41) is 14.1. The van der Waals surface area contributed by atoms with E-state index >= 15 is 0 Å². The van der Waals surface area contributed by atoms with E-state index in [0.717, 1.165) is 5.56 Å². The van der Waals surface area contributed by atoms with Crippen molar-refractivity contribution in [1.29, 1.82) is 0 Å². The molecule has 1 aromatic heterocycles. The van der Waals surface area contributed by atoms with Gasteiger partial charge in [-0.1, -0.05) is 41.9 Å². The van der Waals surface area contributed by atoms with Gasteiger partial charge in [-0.15, -0.1) is 5.10 Å². The minimum Gasteiger partial charge on any atom is -0.395 e. The Hall–Kier alpha value is -2.90. The van der Waals surface area contributed by atoms with E-state index in [4.69, 9.17) is 16.7 Å². The van der Waals surface area contributed by atoms with Gasteiger partial charge in [-0.2, -0.15) is 4.68 Å². The van der Waals surface area contributed by atoms with E-state index in [0.29, 0.717) is 23.0 Å². The summed E-state index contributed by atoms with van der Waals surface area (Å²) >= 11 is 5.93. The molecular weight excluding hydrogens is 380 g/mol. The van der Waals surface area contributed by atoms with Gasteiger partial charge in [-0.3, -0.25) is 9.36 Å². The standard InChI is InChI=1S/C20H21ClN4O3/c1-23(11-12-26)19(27)14-24-18(13-15-5-3-2-4-6-15)22-25(20(24)28)17-9-7-16(21)8-10-17/h2-10,26H,11-14H2,1H3. The second-order valence-electron chi connectivity index (χ2n) is 6.37. The molecule has 0 unspecified atom stereocenters. The Labute approximate surface area is 167 Å². The van der Waals surface area contributed by atoms with E-state index in [9.17, 15) is 9.59 Å². The predicted octanol–water partition coefficient (Wildman–Crippen LogP) is 1.73. The van der Waals surface area contributed by atoms with Crippen LogP contribution in [0.3, 0.4) is 0 Å². The summed E-state index contributed by atoms with van der Waals surface area (Å²) in [5.74, 6) is 0.206. The van der Waals surface area contributed by atoms with Gasteiger partial charge in [0, 0.05) is 25.0 Å². The van der Waals surface area contributed by atoms with Gasteiger partial charge >= 0.3 is 5.69 Å². The first-order chi connectivity index (χ1) is 13.5. The fourth-order valence-corrected chi connectivity index (χ4v) is 2.91. The maximum absolute atomic E-state index is 13.0. The Morgan fingerprint density at radius 1 is 1.14 bits per heavy atom. The molecule has 0 radical (unpaired) electrons. The number of halogens is 1. The molecule has 0 bridgehead atoms. The van der Waals surface area contributed by atoms with Crippen molar-refractivity contribution < 1.29 is 9.90 Å². The van der Waals surface area contributed by atoms with Gasteiger partial charge in [-0.25, -0.2) is 4.79 Å². The summed E-state index contributed by atoms with van der Waals surface area (Å²) in [6.07, 6.45) is 0.410. The van der Waals surface area contributed by atoms with Crippen LogP contribution >= 0.6 is 11.6 Å². The van der Waals surface area contributed by atoms with E-state index in [2.05, 4.69) is 5.10 Å². The molecule has 3 aromatic rings. The highest BCUT2D eigenvalue weighted by Gasteiger charge is 2.19. The number of rotatable bonds is 7. The quantitative estimate of drug-likeness (QED) is 0.655. The SMILES string of the molecule is CN(CCO)C(=O)Cn1c(Cc2ccccc2)nn(-c2ccc(Cl)cc2)c1=O. The zero-order valence-electron chi connectivity index (χ0n) is 15.5. The minimum atomic E-state index is -0.404. The fourth-order valence-electron chi connectivity index (χ4n) is 2.79. The Bertz CT molecular complexity index is 997. The smallest absolute Gasteiger partial charge is 0.351 e. The van der Waals surface area contributed by atoms with Gasteiger partial charge in [-0.05, 0) is 29.8 Å². The minimum absolute atomic E-state index is 0.141. The van der Waals surface area contributed by atoms with Gasteiger partial charge < -0.3 is 10.0 Å². The predicted molar refractivity (Wildman–Crippen MR) is 107 cm³/mol. The first kappa shape index (κ1) is 19.9. The molecule has 1 amide bonds. The molecule has 1 N–H and O–H groups in total. The summed E-state index contributed by atoms with van der Waals surface area (Å²) in [5.41, 5.74) is 1.14. The van der Waals surface area contributed by atoms with E-state index in [-0.39, 0.29) is 25.6 Å². The van der Waals surface area contributed by atoms with E-state index in [1.165, 1.54) is 14.1 Å². The van der Waals surface area contributed by atoms with Crippen molar-refractivity contribution in [3.63, 3.8) is 0 Å². The Kier molecular flexibility index (Phi) is 6.28. The Balaban J connectivity index is 2.00. The molecule has 0 atom stereocenters. The molecule has 0 aliphatic rings. The van der Waals surface area contributed by atoms with Crippen molar-refractivity contribution in [3.05, 3.63) is 81.5 Å². The number of nitrogens with zero attached hydrogens (tertiary/aromatic N) is 4. The maximum Gasteiger partial charge on any atom is 0.351 e. The van der Waals surface area contributed by atoms with E-state index < -0.39 is 5.69 Å². The number of likely N-dealkylation sites (N-methyl/N-ethyl adjacent to an activating group) is 1. The van der Waals surface area contributed by atoms with Crippen LogP contribution in [0.4, 0.5) is 0 Å². The number of carbonyl (C=O) groups is 1. The van der Waals surface area contributed by atoms with Crippen LogP contribution in [0.5, 0.6) is 0 Å². The molecule has 0 aliphatic carbocycles. The number of carbonyl (C=O) groups excluding carboxylic acids is 1. The van der Waals surface area contributed by atoms with Gasteiger partial charge in [0.05, 0.1) is 12.3 Å². The molecule has 0 saturated heterocycles. The highest BCUT2D eigenvalue weighted by molar-refractivity contribution is 6.30. The molecule has 0 spiro atoms. The van der Waals surface area contributed by atoms with Crippen LogP contribution in [-0.4, -0.2) is 50.5 Å². The van der Waals surface area contributed by atoms with Crippen LogP contribution in [0.1, 0.15) is 11.4 Å². The average molecular weight is 401 g/mol. The van der Waals surface area contributed by atoms with Crippen LogP contribution in [0, 0.1) is 0 Å². The highest BCUT2D eigenvalue weighted by atomic mass is 35.5. The maximum atomic E-state index is 13.0. The third-order valence-corrected chi connectivity index (χ3v) is 4.62. The van der Waals surface area contributed by atoms with Gasteiger partial charge in [0.2, 0.25) is 5.91 Å². The van der Waals surface area contributed by atoms with Crippen molar-refractivity contribution in [3.8, 4) is 5.69 Å². The number of amides is 1. The zero-order valence-corrected chi connectivity index (χ0v) is 16.2. The topological polar surface area (TPSA) is 80.4 Å². The number of hydrogen-bond donors (Lipinski definition) is 1. The van der Waals surface area contributed by atoms with E-state index in [1.807, 2.05) is 30.3 Å². The van der Waals surface area contributed by atoms with Gasteiger partial charge in [0.25, 0.3) is 0 Å². The van der Waals surface area contributed by atoms with Crippen LogP contribution in [0.15, 0.2) is 59.4 Å². The molecule has 8 heteroatoms. The molecule has 7 nitrogen and oxygen atoms in total. The zero-order chi connectivity index (χ0) is 20.1. The third-order valence-electron chi connectivity index (χ3n) is 4.37. The number of hydrogen-bond acceptors (Lipinski definition) is 4. The fraction of sp³-hybridized carbons (Fsp3) is 0.250. The Morgan fingerprint density at radius 3 is 2.46 bits per heavy atom. The molecule has 3 rings (SSSR count). The molecular formula is C20H21ClN4O3. The van der Waals surface area contributed by atoms with Gasteiger partial charge in [0.15, 0.2) is 0 Å². The van der Waals surface area contributed by atoms with Crippen LogP contribution in [-0.2, 0) is 17.8 Å². The highest BCUT2D eigenvalue weighted by Crippen LogP contribution is 2.13. The summed E-state index contributed by atoms with van der Waals surface area (Å²) < 4.78 is 2.64. The van der Waals surface area contributed by atoms with Crippen molar-refractivity contribution in [2.75, 3.05) is 20.2 Å². The third kappa shape index (κ3) is 4.49. The van der Waals surface area contributed by atoms with Crippen molar-refractivity contribution >= 4 is 17.5 Å². The van der Waals surface area contributed by atoms with Crippen molar-refractivity contribution in [1.82, 2.24) is 19.2 Å². The van der Waals surface area contributed by atoms with Crippen LogP contribution < -0.4 is 5.69 Å². The second kappa shape index (κ2) is 8.86. The molecule has 0 aliphatic heterocycles. The normalized spacial score (nSPS) is 10.8.